The first-order valence-electron chi connectivity index (χ1n) is 8.36. The Morgan fingerprint density at radius 1 is 0.960 bits per heavy atom. The third kappa shape index (κ3) is 3.24. The molecule has 0 amide bonds. The van der Waals surface area contributed by atoms with E-state index in [2.05, 4.69) is 20.1 Å². The lowest BCUT2D eigenvalue weighted by Crippen LogP contribution is -2.33. The monoisotopic (exact) mass is 340 g/mol. The summed E-state index contributed by atoms with van der Waals surface area (Å²) in [6, 6.07) is 10.1. The third-order valence-corrected chi connectivity index (χ3v) is 4.79. The van der Waals surface area contributed by atoms with Gasteiger partial charge in [-0.1, -0.05) is 6.07 Å². The molecule has 0 aliphatic carbocycles. The van der Waals surface area contributed by atoms with Gasteiger partial charge in [0.25, 0.3) is 0 Å². The first kappa shape index (κ1) is 15.7. The summed E-state index contributed by atoms with van der Waals surface area (Å²) < 4.78 is 26.5. The number of H-pyrrole nitrogens is 1. The van der Waals surface area contributed by atoms with Crippen molar-refractivity contribution >= 4 is 5.82 Å². The van der Waals surface area contributed by atoms with Crippen LogP contribution in [0.25, 0.3) is 11.3 Å². The van der Waals surface area contributed by atoms with Gasteiger partial charge in [0.1, 0.15) is 5.82 Å². The highest BCUT2D eigenvalue weighted by molar-refractivity contribution is 5.62. The molecule has 0 bridgehead atoms. The minimum absolute atomic E-state index is 0.258. The summed E-state index contributed by atoms with van der Waals surface area (Å²) in [5.41, 5.74) is 2.79. The number of aromatic nitrogens is 3. The average molecular weight is 340 g/mol. The molecule has 0 unspecified atom stereocenters. The fourth-order valence-electron chi connectivity index (χ4n) is 3.36. The number of nitrogens with zero attached hydrogens (tertiary/aromatic N) is 3. The van der Waals surface area contributed by atoms with Gasteiger partial charge in [0.05, 0.1) is 5.69 Å². The number of benzene rings is 1. The van der Waals surface area contributed by atoms with Crippen molar-refractivity contribution in [1.82, 2.24) is 15.2 Å². The Kier molecular flexibility index (Phi) is 4.17. The van der Waals surface area contributed by atoms with Crippen LogP contribution in [0.4, 0.5) is 14.6 Å². The Morgan fingerprint density at radius 3 is 2.44 bits per heavy atom. The lowest BCUT2D eigenvalue weighted by molar-refractivity contribution is 0.484. The number of aromatic amines is 1. The zero-order valence-corrected chi connectivity index (χ0v) is 13.6. The first-order valence-corrected chi connectivity index (χ1v) is 8.36. The largest absolute Gasteiger partial charge is 0.357 e. The number of piperidine rings is 1. The molecule has 1 fully saturated rings. The van der Waals surface area contributed by atoms with Crippen molar-refractivity contribution in [3.8, 4) is 11.3 Å². The van der Waals surface area contributed by atoms with E-state index < -0.39 is 11.6 Å². The second-order valence-electron chi connectivity index (χ2n) is 6.31. The summed E-state index contributed by atoms with van der Waals surface area (Å²) in [5, 5.41) is 7.47. The summed E-state index contributed by atoms with van der Waals surface area (Å²) in [6.45, 7) is 1.70. The molecular weight excluding hydrogens is 322 g/mol. The highest BCUT2D eigenvalue weighted by Crippen LogP contribution is 2.31. The summed E-state index contributed by atoms with van der Waals surface area (Å²) in [7, 11) is 0. The van der Waals surface area contributed by atoms with Crippen LogP contribution in [-0.2, 0) is 0 Å². The molecule has 1 saturated heterocycles. The highest BCUT2D eigenvalue weighted by atomic mass is 19.2. The summed E-state index contributed by atoms with van der Waals surface area (Å²) in [4.78, 5) is 6.26. The van der Waals surface area contributed by atoms with Crippen molar-refractivity contribution in [3.63, 3.8) is 0 Å². The number of pyridine rings is 1. The van der Waals surface area contributed by atoms with E-state index in [1.807, 2.05) is 18.2 Å². The number of anilines is 1. The molecule has 3 aromatic rings. The standard InChI is InChI=1S/C19H18F2N4/c20-16-2-1-15(11-17(16)21)13-5-9-25(10-6-13)19-12-18(23-24-19)14-3-7-22-8-4-14/h1-4,7-8,11-13H,5-6,9-10H2,(H,23,24). The average Bonchev–Trinajstić information content (AvgIpc) is 3.15. The maximum absolute atomic E-state index is 13.4. The van der Waals surface area contributed by atoms with Gasteiger partial charge in [-0.05, 0) is 48.6 Å². The van der Waals surface area contributed by atoms with Gasteiger partial charge in [0, 0.05) is 37.1 Å². The van der Waals surface area contributed by atoms with Gasteiger partial charge in [0.15, 0.2) is 11.6 Å². The Hall–Kier alpha value is -2.76. The molecule has 25 heavy (non-hydrogen) atoms. The van der Waals surface area contributed by atoms with Crippen LogP contribution in [0.15, 0.2) is 48.8 Å². The summed E-state index contributed by atoms with van der Waals surface area (Å²) >= 11 is 0. The smallest absolute Gasteiger partial charge is 0.159 e. The van der Waals surface area contributed by atoms with E-state index in [1.54, 1.807) is 18.5 Å². The molecule has 4 nitrogen and oxygen atoms in total. The van der Waals surface area contributed by atoms with Crippen molar-refractivity contribution in [2.75, 3.05) is 18.0 Å². The minimum Gasteiger partial charge on any atom is -0.357 e. The third-order valence-electron chi connectivity index (χ3n) is 4.79. The normalized spacial score (nSPS) is 15.5. The molecule has 1 N–H and O–H groups in total. The zero-order valence-electron chi connectivity index (χ0n) is 13.6. The molecule has 2 aromatic heterocycles. The van der Waals surface area contributed by atoms with E-state index >= 15 is 0 Å². The Balaban J connectivity index is 1.44. The van der Waals surface area contributed by atoms with Crippen LogP contribution in [0.1, 0.15) is 24.3 Å². The molecule has 0 spiro atoms. The van der Waals surface area contributed by atoms with Crippen LogP contribution in [-0.4, -0.2) is 28.3 Å². The van der Waals surface area contributed by atoms with Gasteiger partial charge in [-0.2, -0.15) is 5.10 Å². The lowest BCUT2D eigenvalue weighted by Gasteiger charge is -2.32. The molecule has 3 heterocycles. The molecular formula is C19H18F2N4. The summed E-state index contributed by atoms with van der Waals surface area (Å²) in [6.07, 6.45) is 5.29. The Labute approximate surface area is 144 Å². The molecule has 0 atom stereocenters. The Bertz CT molecular complexity index is 855. The maximum Gasteiger partial charge on any atom is 0.159 e. The number of nitrogens with one attached hydrogen (secondary N) is 1. The van der Waals surface area contributed by atoms with Gasteiger partial charge in [-0.3, -0.25) is 10.1 Å². The van der Waals surface area contributed by atoms with Crippen molar-refractivity contribution in [3.05, 3.63) is 66.0 Å². The van der Waals surface area contributed by atoms with Crippen LogP contribution in [0.5, 0.6) is 0 Å². The molecule has 1 aromatic carbocycles. The predicted octanol–water partition coefficient (Wildman–Crippen LogP) is 4.13. The number of hydrogen-bond acceptors (Lipinski definition) is 3. The van der Waals surface area contributed by atoms with Crippen molar-refractivity contribution in [2.24, 2.45) is 0 Å². The van der Waals surface area contributed by atoms with Crippen molar-refractivity contribution < 1.29 is 8.78 Å². The predicted molar refractivity (Wildman–Crippen MR) is 92.4 cm³/mol. The molecule has 0 saturated carbocycles. The Morgan fingerprint density at radius 2 is 1.72 bits per heavy atom. The molecule has 4 rings (SSSR count). The number of rotatable bonds is 3. The van der Waals surface area contributed by atoms with Crippen LogP contribution in [0.3, 0.4) is 0 Å². The highest BCUT2D eigenvalue weighted by Gasteiger charge is 2.23. The van der Waals surface area contributed by atoms with Crippen molar-refractivity contribution in [2.45, 2.75) is 18.8 Å². The van der Waals surface area contributed by atoms with Gasteiger partial charge >= 0.3 is 0 Å². The van der Waals surface area contributed by atoms with Gasteiger partial charge in [-0.25, -0.2) is 8.78 Å². The van der Waals surface area contributed by atoms with Gasteiger partial charge in [0.2, 0.25) is 0 Å². The lowest BCUT2D eigenvalue weighted by atomic mass is 9.89. The fourth-order valence-corrected chi connectivity index (χ4v) is 3.36. The minimum atomic E-state index is -0.790. The van der Waals surface area contributed by atoms with Crippen LogP contribution >= 0.6 is 0 Å². The van der Waals surface area contributed by atoms with Gasteiger partial charge < -0.3 is 4.90 Å². The molecule has 1 aliphatic rings. The van der Waals surface area contributed by atoms with Crippen LogP contribution in [0.2, 0.25) is 0 Å². The van der Waals surface area contributed by atoms with E-state index in [-0.39, 0.29) is 5.92 Å². The first-order chi connectivity index (χ1) is 12.2. The quantitative estimate of drug-likeness (QED) is 0.779. The van der Waals surface area contributed by atoms with E-state index in [9.17, 15) is 8.78 Å². The zero-order chi connectivity index (χ0) is 17.2. The topological polar surface area (TPSA) is 44.8 Å². The second-order valence-corrected chi connectivity index (χ2v) is 6.31. The van der Waals surface area contributed by atoms with E-state index in [4.69, 9.17) is 0 Å². The fraction of sp³-hybridized carbons (Fsp3) is 0.263. The van der Waals surface area contributed by atoms with E-state index in [0.29, 0.717) is 0 Å². The molecule has 6 heteroatoms. The van der Waals surface area contributed by atoms with Crippen molar-refractivity contribution in [1.29, 1.82) is 0 Å². The van der Waals surface area contributed by atoms with E-state index in [0.717, 1.165) is 48.6 Å². The van der Waals surface area contributed by atoms with Crippen LogP contribution < -0.4 is 4.90 Å². The second kappa shape index (κ2) is 6.63. The molecule has 1 aliphatic heterocycles. The SMILES string of the molecule is Fc1ccc(C2CCN(c3cc(-c4ccncc4)n[nH]3)CC2)cc1F. The van der Waals surface area contributed by atoms with Crippen LogP contribution in [0, 0.1) is 11.6 Å². The van der Waals surface area contributed by atoms with Gasteiger partial charge in [-0.15, -0.1) is 0 Å². The number of hydrogen-bond donors (Lipinski definition) is 1. The maximum atomic E-state index is 13.4. The van der Waals surface area contributed by atoms with E-state index in [1.165, 1.54) is 12.1 Å². The molecule has 128 valence electrons. The molecule has 0 radical (unpaired) electrons. The summed E-state index contributed by atoms with van der Waals surface area (Å²) in [5.74, 6) is -0.317. The number of halogens is 2.